The highest BCUT2D eigenvalue weighted by Crippen LogP contribution is 2.28. The molecule has 0 radical (unpaired) electrons. The Balaban J connectivity index is 1.39. The predicted molar refractivity (Wildman–Crippen MR) is 126 cm³/mol. The van der Waals surface area contributed by atoms with Gasteiger partial charge in [0.25, 0.3) is 5.56 Å². The molecule has 0 fully saturated rings. The fourth-order valence-corrected chi connectivity index (χ4v) is 3.82. The average molecular weight is 433 g/mol. The normalized spacial score (nSPS) is 11.1. The van der Waals surface area contributed by atoms with Crippen molar-refractivity contribution in [1.82, 2.24) is 20.1 Å². The van der Waals surface area contributed by atoms with Crippen molar-refractivity contribution in [1.29, 1.82) is 0 Å². The van der Waals surface area contributed by atoms with Crippen molar-refractivity contribution in [2.45, 2.75) is 26.3 Å². The van der Waals surface area contributed by atoms with Gasteiger partial charge < -0.3 is 19.8 Å². The van der Waals surface area contributed by atoms with E-state index in [4.69, 9.17) is 9.47 Å². The first kappa shape index (κ1) is 21.6. The summed E-state index contributed by atoms with van der Waals surface area (Å²) in [6.07, 6.45) is 1.85. The third kappa shape index (κ3) is 4.53. The van der Waals surface area contributed by atoms with Crippen LogP contribution in [0.3, 0.4) is 0 Å². The smallest absolute Gasteiger partial charge is 0.254 e. The fraction of sp³-hybridized carbons (Fsp3) is 0.280. The molecule has 0 saturated heterocycles. The minimum atomic E-state index is -0.0954. The van der Waals surface area contributed by atoms with E-state index < -0.39 is 0 Å². The number of H-pyrrole nitrogens is 1. The minimum Gasteiger partial charge on any atom is -0.493 e. The highest BCUT2D eigenvalue weighted by Gasteiger charge is 2.12. The summed E-state index contributed by atoms with van der Waals surface area (Å²) in [5.41, 5.74) is 4.32. The molecule has 4 rings (SSSR count). The Morgan fingerprint density at radius 3 is 2.56 bits per heavy atom. The maximum absolute atomic E-state index is 12.7. The minimum absolute atomic E-state index is 0.0954. The molecule has 166 valence electrons. The van der Waals surface area contributed by atoms with E-state index in [1.165, 1.54) is 5.56 Å². The van der Waals surface area contributed by atoms with Crippen LogP contribution in [0.5, 0.6) is 11.5 Å². The number of methoxy groups -OCH3 is 2. The monoisotopic (exact) mass is 432 g/mol. The Kier molecular flexibility index (Phi) is 6.56. The van der Waals surface area contributed by atoms with Gasteiger partial charge in [0, 0.05) is 17.5 Å². The van der Waals surface area contributed by atoms with Crippen LogP contribution in [0.1, 0.15) is 23.2 Å². The number of aromatic nitrogens is 3. The van der Waals surface area contributed by atoms with Gasteiger partial charge in [-0.1, -0.05) is 24.3 Å². The largest absolute Gasteiger partial charge is 0.493 e. The molecule has 32 heavy (non-hydrogen) atoms. The summed E-state index contributed by atoms with van der Waals surface area (Å²) in [5.74, 6) is 1.47. The van der Waals surface area contributed by atoms with Gasteiger partial charge in [-0.25, -0.2) is 4.68 Å². The number of fused-ring (bicyclic) bond motifs is 1. The molecule has 7 heteroatoms. The summed E-state index contributed by atoms with van der Waals surface area (Å²) in [5, 5.41) is 8.96. The number of rotatable bonds is 9. The second kappa shape index (κ2) is 9.70. The Hall–Kier alpha value is -3.58. The molecule has 4 aromatic rings. The van der Waals surface area contributed by atoms with Crippen molar-refractivity contribution in [3.8, 4) is 17.2 Å². The number of aryl methyl sites for hydroxylation is 2. The van der Waals surface area contributed by atoms with Crippen molar-refractivity contribution in [2.75, 3.05) is 20.8 Å². The van der Waals surface area contributed by atoms with Crippen LogP contribution < -0.4 is 20.3 Å². The molecule has 0 atom stereocenters. The maximum Gasteiger partial charge on any atom is 0.254 e. The van der Waals surface area contributed by atoms with E-state index in [0.29, 0.717) is 12.1 Å². The summed E-state index contributed by atoms with van der Waals surface area (Å²) in [6.45, 7) is 3.27. The van der Waals surface area contributed by atoms with Gasteiger partial charge >= 0.3 is 0 Å². The molecular weight excluding hydrogens is 404 g/mol. The number of hydrogen-bond acceptors (Lipinski definition) is 5. The third-order valence-corrected chi connectivity index (χ3v) is 5.53. The van der Waals surface area contributed by atoms with Crippen molar-refractivity contribution >= 4 is 11.0 Å². The van der Waals surface area contributed by atoms with E-state index in [1.807, 2.05) is 61.5 Å². The highest BCUT2D eigenvalue weighted by atomic mass is 16.5. The van der Waals surface area contributed by atoms with Crippen molar-refractivity contribution in [3.05, 3.63) is 81.8 Å². The zero-order valence-electron chi connectivity index (χ0n) is 18.6. The van der Waals surface area contributed by atoms with Gasteiger partial charge in [0.15, 0.2) is 11.5 Å². The van der Waals surface area contributed by atoms with Gasteiger partial charge in [-0.3, -0.25) is 4.79 Å². The number of nitrogens with zero attached hydrogens (tertiary/aromatic N) is 2. The summed E-state index contributed by atoms with van der Waals surface area (Å²) >= 11 is 0. The zero-order valence-corrected chi connectivity index (χ0v) is 18.6. The topological polar surface area (TPSA) is 81.2 Å². The molecule has 7 nitrogen and oxygen atoms in total. The second-order valence-electron chi connectivity index (χ2n) is 7.69. The van der Waals surface area contributed by atoms with Crippen LogP contribution in [0, 0.1) is 6.92 Å². The number of pyridine rings is 1. The lowest BCUT2D eigenvalue weighted by atomic mass is 10.1. The molecule has 2 heterocycles. The molecule has 2 aromatic carbocycles. The third-order valence-electron chi connectivity index (χ3n) is 5.53. The van der Waals surface area contributed by atoms with E-state index >= 15 is 0 Å². The molecule has 0 bridgehead atoms. The molecule has 0 spiro atoms. The summed E-state index contributed by atoms with van der Waals surface area (Å²) < 4.78 is 12.4. The first-order chi connectivity index (χ1) is 15.6. The van der Waals surface area contributed by atoms with Gasteiger partial charge in [0.1, 0.15) is 5.65 Å². The van der Waals surface area contributed by atoms with Crippen molar-refractivity contribution in [3.63, 3.8) is 0 Å². The first-order valence-corrected chi connectivity index (χ1v) is 10.7. The van der Waals surface area contributed by atoms with Crippen LogP contribution in [0.25, 0.3) is 16.7 Å². The predicted octanol–water partition coefficient (Wildman–Crippen LogP) is 3.76. The van der Waals surface area contributed by atoms with Crippen LogP contribution in [-0.4, -0.2) is 35.5 Å². The Morgan fingerprint density at radius 2 is 1.81 bits per heavy atom. The van der Waals surface area contributed by atoms with E-state index in [2.05, 4.69) is 15.4 Å². The number of hydrogen-bond donors (Lipinski definition) is 2. The van der Waals surface area contributed by atoms with Gasteiger partial charge in [0.2, 0.25) is 0 Å². The molecule has 0 saturated carbocycles. The highest BCUT2D eigenvalue weighted by molar-refractivity contribution is 5.80. The number of ether oxygens (including phenoxy) is 2. The number of aromatic amines is 1. The van der Waals surface area contributed by atoms with E-state index in [-0.39, 0.29) is 5.56 Å². The van der Waals surface area contributed by atoms with Gasteiger partial charge in [-0.05, 0) is 62.2 Å². The Bertz CT molecular complexity index is 1260. The van der Waals surface area contributed by atoms with Crippen LogP contribution in [0.2, 0.25) is 0 Å². The molecule has 2 N–H and O–H groups in total. The Morgan fingerprint density at radius 1 is 1.03 bits per heavy atom. The standard InChI is InChI=1S/C25H28N4O3/c1-17-21-15-19(25(30)27-24(21)29(28-17)20-9-5-4-6-10-20)16-26-13-7-8-18-11-12-22(31-2)23(14-18)32-3/h4-6,9-12,14-15,26H,7-8,13,16H2,1-3H3,(H,27,30). The number of para-hydroxylation sites is 1. The van der Waals surface area contributed by atoms with Gasteiger partial charge in [-0.2, -0.15) is 5.10 Å². The quantitative estimate of drug-likeness (QED) is 0.394. The fourth-order valence-electron chi connectivity index (χ4n) is 3.82. The average Bonchev–Trinajstić information content (AvgIpc) is 3.14. The first-order valence-electron chi connectivity index (χ1n) is 10.7. The van der Waals surface area contributed by atoms with Crippen molar-refractivity contribution in [2.24, 2.45) is 0 Å². The van der Waals surface area contributed by atoms with Crippen LogP contribution in [-0.2, 0) is 13.0 Å². The Labute approximate surface area is 187 Å². The van der Waals surface area contributed by atoms with Gasteiger partial charge in [-0.15, -0.1) is 0 Å². The molecule has 0 unspecified atom stereocenters. The van der Waals surface area contributed by atoms with E-state index in [9.17, 15) is 4.79 Å². The molecular formula is C25H28N4O3. The lowest BCUT2D eigenvalue weighted by Gasteiger charge is -2.10. The summed E-state index contributed by atoms with van der Waals surface area (Å²) in [4.78, 5) is 15.7. The van der Waals surface area contributed by atoms with E-state index in [1.54, 1.807) is 18.9 Å². The van der Waals surface area contributed by atoms with Crippen LogP contribution >= 0.6 is 0 Å². The lowest BCUT2D eigenvalue weighted by Crippen LogP contribution is -2.22. The summed E-state index contributed by atoms with van der Waals surface area (Å²) in [6, 6.07) is 17.7. The maximum atomic E-state index is 12.7. The van der Waals surface area contributed by atoms with E-state index in [0.717, 1.165) is 53.3 Å². The van der Waals surface area contributed by atoms with Crippen LogP contribution in [0.4, 0.5) is 0 Å². The van der Waals surface area contributed by atoms with Crippen LogP contribution in [0.15, 0.2) is 59.4 Å². The van der Waals surface area contributed by atoms with Crippen molar-refractivity contribution < 1.29 is 9.47 Å². The SMILES string of the molecule is COc1ccc(CCCNCc2cc3c(C)nn(-c4ccccc4)c3[nH]c2=O)cc1OC. The number of nitrogens with one attached hydrogen (secondary N) is 2. The molecule has 0 aliphatic rings. The molecule has 0 amide bonds. The second-order valence-corrected chi connectivity index (χ2v) is 7.69. The summed E-state index contributed by atoms with van der Waals surface area (Å²) in [7, 11) is 3.28. The molecule has 2 aromatic heterocycles. The number of benzene rings is 2. The molecule has 0 aliphatic carbocycles. The van der Waals surface area contributed by atoms with Gasteiger partial charge in [0.05, 0.1) is 25.6 Å². The molecule has 0 aliphatic heterocycles. The zero-order chi connectivity index (χ0) is 22.5. The lowest BCUT2D eigenvalue weighted by molar-refractivity contribution is 0.354.